The number of likely N-dealkylation sites (tertiary alicyclic amines) is 1. The minimum Gasteiger partial charge on any atom is -0.321 e. The summed E-state index contributed by atoms with van der Waals surface area (Å²) in [4.78, 5) is 17.8. The Morgan fingerprint density at radius 1 is 1.15 bits per heavy atom. The van der Waals surface area contributed by atoms with Crippen molar-refractivity contribution in [3.8, 4) is 0 Å². The van der Waals surface area contributed by atoms with Crippen molar-refractivity contribution in [3.05, 3.63) is 51.7 Å². The van der Waals surface area contributed by atoms with Gasteiger partial charge in [0.2, 0.25) is 0 Å². The highest BCUT2D eigenvalue weighted by atomic mass is 32.1. The molecule has 1 aromatic carbocycles. The third-order valence-electron chi connectivity index (χ3n) is 4.97. The van der Waals surface area contributed by atoms with Crippen molar-refractivity contribution in [2.24, 2.45) is 0 Å². The maximum atomic E-state index is 12.6. The van der Waals surface area contributed by atoms with Crippen LogP contribution in [-0.2, 0) is 19.1 Å². The van der Waals surface area contributed by atoms with E-state index in [4.69, 9.17) is 0 Å². The van der Waals surface area contributed by atoms with Crippen LogP contribution in [0.5, 0.6) is 0 Å². The number of urea groups is 1. The van der Waals surface area contributed by atoms with E-state index >= 15 is 0 Å². The van der Waals surface area contributed by atoms with Gasteiger partial charge in [-0.05, 0) is 47.7 Å². The van der Waals surface area contributed by atoms with E-state index in [1.54, 1.807) is 16.2 Å². The molecule has 4 rings (SSSR count). The Labute approximate surface area is 153 Å². The van der Waals surface area contributed by atoms with Crippen LogP contribution in [0.4, 0.5) is 23.7 Å². The summed E-state index contributed by atoms with van der Waals surface area (Å²) in [6, 6.07) is 6.75. The summed E-state index contributed by atoms with van der Waals surface area (Å²) in [6.07, 6.45) is -3.31. The lowest BCUT2D eigenvalue weighted by Gasteiger charge is -2.46. The minimum atomic E-state index is -4.37. The van der Waals surface area contributed by atoms with E-state index in [9.17, 15) is 18.0 Å². The van der Waals surface area contributed by atoms with Crippen LogP contribution in [0.15, 0.2) is 35.7 Å². The molecule has 1 N–H and O–H groups in total. The smallest absolute Gasteiger partial charge is 0.321 e. The van der Waals surface area contributed by atoms with E-state index in [0.29, 0.717) is 24.8 Å². The van der Waals surface area contributed by atoms with E-state index < -0.39 is 11.7 Å². The van der Waals surface area contributed by atoms with Crippen molar-refractivity contribution in [2.45, 2.75) is 25.2 Å². The van der Waals surface area contributed by atoms with Crippen LogP contribution in [0.2, 0.25) is 0 Å². The molecule has 0 saturated carbocycles. The fraction of sp³-hybridized carbons (Fsp3) is 0.389. The number of nitrogens with zero attached hydrogens (tertiary/aromatic N) is 2. The molecule has 2 aromatic rings. The zero-order valence-corrected chi connectivity index (χ0v) is 14.7. The molecule has 1 aromatic heterocycles. The molecule has 0 atom stereocenters. The standard InChI is InChI=1S/C18H18F3N3OS/c19-18(20,21)13-1-3-14(4-2-13)22-17(25)24-10-15(11-24)23-7-5-16-12(9-23)6-8-26-16/h1-4,6,8,15H,5,7,9-11H2,(H,22,25). The van der Waals surface area contributed by atoms with Crippen LogP contribution >= 0.6 is 11.3 Å². The van der Waals surface area contributed by atoms with Crippen LogP contribution in [0.1, 0.15) is 16.0 Å². The highest BCUT2D eigenvalue weighted by molar-refractivity contribution is 7.10. The molecule has 8 heteroatoms. The predicted octanol–water partition coefficient (Wildman–Crippen LogP) is 4.04. The number of carbonyl (C=O) groups excluding carboxylic acids is 1. The van der Waals surface area contributed by atoms with E-state index in [1.807, 2.05) is 0 Å². The van der Waals surface area contributed by atoms with Gasteiger partial charge in [0, 0.05) is 42.8 Å². The quantitative estimate of drug-likeness (QED) is 0.852. The number of halogens is 3. The average Bonchev–Trinajstić information content (AvgIpc) is 3.01. The molecule has 0 radical (unpaired) electrons. The molecule has 1 fully saturated rings. The molecule has 0 aliphatic carbocycles. The molecule has 2 aliphatic rings. The number of alkyl halides is 3. The number of fused-ring (bicyclic) bond motifs is 1. The molecule has 138 valence electrons. The van der Waals surface area contributed by atoms with Gasteiger partial charge in [-0.25, -0.2) is 4.79 Å². The molecule has 3 heterocycles. The second-order valence-corrected chi connectivity index (χ2v) is 7.65. The van der Waals surface area contributed by atoms with Crippen LogP contribution in [0.3, 0.4) is 0 Å². The lowest BCUT2D eigenvalue weighted by Crippen LogP contribution is -2.62. The number of rotatable bonds is 2. The van der Waals surface area contributed by atoms with E-state index in [1.165, 1.54) is 22.6 Å². The molecule has 0 unspecified atom stereocenters. The molecule has 4 nitrogen and oxygen atoms in total. The topological polar surface area (TPSA) is 35.6 Å². The molecule has 0 spiro atoms. The van der Waals surface area contributed by atoms with Crippen molar-refractivity contribution in [2.75, 3.05) is 25.0 Å². The van der Waals surface area contributed by atoms with Crippen molar-refractivity contribution >= 4 is 23.1 Å². The number of hydrogen-bond acceptors (Lipinski definition) is 3. The number of nitrogens with one attached hydrogen (secondary N) is 1. The number of thiophene rings is 1. The van der Waals surface area contributed by atoms with Crippen molar-refractivity contribution < 1.29 is 18.0 Å². The van der Waals surface area contributed by atoms with Crippen molar-refractivity contribution in [1.29, 1.82) is 0 Å². The Kier molecular flexibility index (Phi) is 4.40. The third kappa shape index (κ3) is 3.43. The normalized spacial score (nSPS) is 18.3. The van der Waals surface area contributed by atoms with Gasteiger partial charge < -0.3 is 10.2 Å². The predicted molar refractivity (Wildman–Crippen MR) is 94.3 cm³/mol. The third-order valence-corrected chi connectivity index (χ3v) is 5.99. The first kappa shape index (κ1) is 17.4. The molecule has 2 aliphatic heterocycles. The fourth-order valence-electron chi connectivity index (χ4n) is 3.38. The first-order chi connectivity index (χ1) is 12.4. The highest BCUT2D eigenvalue weighted by Crippen LogP contribution is 2.30. The van der Waals surface area contributed by atoms with Gasteiger partial charge in [0.15, 0.2) is 0 Å². The first-order valence-electron chi connectivity index (χ1n) is 8.42. The van der Waals surface area contributed by atoms with Gasteiger partial charge in [-0.15, -0.1) is 11.3 Å². The summed E-state index contributed by atoms with van der Waals surface area (Å²) in [5, 5.41) is 4.78. The first-order valence-corrected chi connectivity index (χ1v) is 9.30. The number of hydrogen-bond donors (Lipinski definition) is 1. The number of carbonyl (C=O) groups is 1. The van der Waals surface area contributed by atoms with Crippen LogP contribution < -0.4 is 5.32 Å². The second-order valence-electron chi connectivity index (χ2n) is 6.65. The molecule has 0 bridgehead atoms. The maximum absolute atomic E-state index is 12.6. The van der Waals surface area contributed by atoms with E-state index in [-0.39, 0.29) is 6.03 Å². The maximum Gasteiger partial charge on any atom is 0.416 e. The zero-order valence-electron chi connectivity index (χ0n) is 13.9. The van der Waals surface area contributed by atoms with Gasteiger partial charge in [-0.3, -0.25) is 4.90 Å². The van der Waals surface area contributed by atoms with E-state index in [2.05, 4.69) is 21.7 Å². The Morgan fingerprint density at radius 2 is 1.88 bits per heavy atom. The largest absolute Gasteiger partial charge is 0.416 e. The monoisotopic (exact) mass is 381 g/mol. The second kappa shape index (κ2) is 6.59. The summed E-state index contributed by atoms with van der Waals surface area (Å²) < 4.78 is 37.7. The average molecular weight is 381 g/mol. The number of benzene rings is 1. The molecular formula is C18H18F3N3OS. The number of anilines is 1. The Bertz CT molecular complexity index is 797. The van der Waals surface area contributed by atoms with Crippen LogP contribution in [0, 0.1) is 0 Å². The number of amides is 2. The Hall–Kier alpha value is -2.06. The molecular weight excluding hydrogens is 363 g/mol. The Balaban J connectivity index is 1.28. The summed E-state index contributed by atoms with van der Waals surface area (Å²) >= 11 is 1.80. The van der Waals surface area contributed by atoms with Gasteiger partial charge >= 0.3 is 12.2 Å². The van der Waals surface area contributed by atoms with Crippen molar-refractivity contribution in [1.82, 2.24) is 9.80 Å². The van der Waals surface area contributed by atoms with Gasteiger partial charge in [-0.2, -0.15) is 13.2 Å². The van der Waals surface area contributed by atoms with Crippen LogP contribution in [-0.4, -0.2) is 41.5 Å². The highest BCUT2D eigenvalue weighted by Gasteiger charge is 2.36. The molecule has 26 heavy (non-hydrogen) atoms. The lowest BCUT2D eigenvalue weighted by molar-refractivity contribution is -0.137. The lowest BCUT2D eigenvalue weighted by atomic mass is 10.0. The summed E-state index contributed by atoms with van der Waals surface area (Å²) in [6.45, 7) is 3.22. The van der Waals surface area contributed by atoms with Gasteiger partial charge in [0.05, 0.1) is 5.56 Å². The SMILES string of the molecule is O=C(Nc1ccc(C(F)(F)F)cc1)N1CC(N2CCc3sccc3C2)C1. The van der Waals surface area contributed by atoms with E-state index in [0.717, 1.165) is 31.6 Å². The fourth-order valence-corrected chi connectivity index (χ4v) is 4.27. The molecule has 2 amide bonds. The molecule has 1 saturated heterocycles. The Morgan fingerprint density at radius 3 is 2.58 bits per heavy atom. The summed E-state index contributed by atoms with van der Waals surface area (Å²) in [5.41, 5.74) is 1.03. The minimum absolute atomic E-state index is 0.269. The van der Waals surface area contributed by atoms with Gasteiger partial charge in [-0.1, -0.05) is 0 Å². The zero-order chi connectivity index (χ0) is 18.3. The van der Waals surface area contributed by atoms with Gasteiger partial charge in [0.25, 0.3) is 0 Å². The van der Waals surface area contributed by atoms with Crippen LogP contribution in [0.25, 0.3) is 0 Å². The summed E-state index contributed by atoms with van der Waals surface area (Å²) in [7, 11) is 0. The summed E-state index contributed by atoms with van der Waals surface area (Å²) in [5.74, 6) is 0. The van der Waals surface area contributed by atoms with Crippen molar-refractivity contribution in [3.63, 3.8) is 0 Å². The van der Waals surface area contributed by atoms with Gasteiger partial charge in [0.1, 0.15) is 0 Å².